The van der Waals surface area contributed by atoms with Crippen LogP contribution in [-0.4, -0.2) is 24.2 Å². The fraction of sp³-hybridized carbons (Fsp3) is 1.00. The van der Waals surface area contributed by atoms with Crippen LogP contribution in [-0.2, 0) is 4.74 Å². The molecule has 68 valence electrons. The zero-order chi connectivity index (χ0) is 8.53. The maximum Gasteiger partial charge on any atom is 0.0554 e. The Labute approximate surface area is 80.7 Å². The van der Waals surface area contributed by atoms with Crippen molar-refractivity contribution >= 4 is 25.3 Å². The summed E-state index contributed by atoms with van der Waals surface area (Å²) in [6.45, 7) is 3.77. The molecule has 0 aliphatic heterocycles. The molecule has 0 aliphatic rings. The van der Waals surface area contributed by atoms with Gasteiger partial charge in [-0.25, -0.2) is 0 Å². The van der Waals surface area contributed by atoms with E-state index in [1.54, 1.807) is 0 Å². The normalized spacial score (nSPS) is 13.4. The van der Waals surface area contributed by atoms with Gasteiger partial charge in [-0.3, -0.25) is 0 Å². The zero-order valence-corrected chi connectivity index (χ0v) is 8.91. The smallest absolute Gasteiger partial charge is 0.0554 e. The Morgan fingerprint density at radius 3 is 2.55 bits per heavy atom. The maximum atomic E-state index is 5.27. The van der Waals surface area contributed by atoms with Gasteiger partial charge in [-0.05, 0) is 12.8 Å². The largest absolute Gasteiger partial charge is 0.381 e. The molecule has 3 heteroatoms. The first kappa shape index (κ1) is 11.7. The van der Waals surface area contributed by atoms with Crippen molar-refractivity contribution in [2.24, 2.45) is 0 Å². The Morgan fingerprint density at radius 1 is 1.27 bits per heavy atom. The van der Waals surface area contributed by atoms with Gasteiger partial charge in [0.05, 0.1) is 6.61 Å². The standard InChI is InChI=1S/C8H18OS2/c1-2-3-8(11)4-5-9-6-7-10/h8,10-11H,2-7H2,1H3. The third kappa shape index (κ3) is 8.57. The van der Waals surface area contributed by atoms with E-state index < -0.39 is 0 Å². The molecule has 0 fully saturated rings. The van der Waals surface area contributed by atoms with Crippen LogP contribution in [0.4, 0.5) is 0 Å². The van der Waals surface area contributed by atoms with Crippen molar-refractivity contribution in [1.29, 1.82) is 0 Å². The molecule has 0 bridgehead atoms. The average Bonchev–Trinajstić information content (AvgIpc) is 1.99. The molecule has 0 heterocycles. The molecule has 0 radical (unpaired) electrons. The minimum Gasteiger partial charge on any atom is -0.381 e. The number of hydrogen-bond donors (Lipinski definition) is 2. The summed E-state index contributed by atoms with van der Waals surface area (Å²) in [5.74, 6) is 0.811. The van der Waals surface area contributed by atoms with Crippen LogP contribution in [0.3, 0.4) is 0 Å². The lowest BCUT2D eigenvalue weighted by atomic mass is 10.2. The fourth-order valence-corrected chi connectivity index (χ4v) is 1.36. The van der Waals surface area contributed by atoms with Crippen molar-refractivity contribution in [1.82, 2.24) is 0 Å². The summed E-state index contributed by atoms with van der Waals surface area (Å²) in [4.78, 5) is 0. The summed E-state index contributed by atoms with van der Waals surface area (Å²) in [5, 5.41) is 0.514. The fourth-order valence-electron chi connectivity index (χ4n) is 0.864. The Kier molecular flexibility index (Phi) is 9.28. The molecule has 0 aliphatic carbocycles. The Bertz CT molecular complexity index is 78.5. The van der Waals surface area contributed by atoms with Gasteiger partial charge >= 0.3 is 0 Å². The molecule has 1 unspecified atom stereocenters. The lowest BCUT2D eigenvalue weighted by Crippen LogP contribution is -2.05. The van der Waals surface area contributed by atoms with Crippen molar-refractivity contribution in [3.63, 3.8) is 0 Å². The summed E-state index contributed by atoms with van der Waals surface area (Å²) < 4.78 is 5.27. The lowest BCUT2D eigenvalue weighted by molar-refractivity contribution is 0.147. The number of hydrogen-bond acceptors (Lipinski definition) is 3. The lowest BCUT2D eigenvalue weighted by Gasteiger charge is -2.08. The maximum absolute atomic E-state index is 5.27. The van der Waals surface area contributed by atoms with E-state index in [9.17, 15) is 0 Å². The van der Waals surface area contributed by atoms with Crippen LogP contribution >= 0.6 is 25.3 Å². The van der Waals surface area contributed by atoms with Crippen LogP contribution in [0.1, 0.15) is 26.2 Å². The second-order valence-electron chi connectivity index (χ2n) is 2.57. The van der Waals surface area contributed by atoms with E-state index in [4.69, 9.17) is 4.74 Å². The minimum atomic E-state index is 0.514. The van der Waals surface area contributed by atoms with E-state index in [1.165, 1.54) is 12.8 Å². The Balaban J connectivity index is 2.97. The minimum absolute atomic E-state index is 0.514. The topological polar surface area (TPSA) is 9.23 Å². The van der Waals surface area contributed by atoms with Crippen molar-refractivity contribution < 1.29 is 4.74 Å². The van der Waals surface area contributed by atoms with Crippen molar-refractivity contribution in [2.45, 2.75) is 31.4 Å². The number of ether oxygens (including phenoxy) is 1. The molecule has 1 atom stereocenters. The molecule has 0 N–H and O–H groups in total. The molecule has 0 aromatic carbocycles. The van der Waals surface area contributed by atoms with Gasteiger partial charge in [0.1, 0.15) is 0 Å². The third-order valence-corrected chi connectivity index (χ3v) is 2.15. The summed E-state index contributed by atoms with van der Waals surface area (Å²) in [7, 11) is 0. The van der Waals surface area contributed by atoms with Crippen LogP contribution < -0.4 is 0 Å². The molecule has 0 aromatic rings. The highest BCUT2D eigenvalue weighted by Gasteiger charge is 1.99. The van der Waals surface area contributed by atoms with E-state index in [0.29, 0.717) is 5.25 Å². The molecule has 0 aromatic heterocycles. The quantitative estimate of drug-likeness (QED) is 0.467. The summed E-state index contributed by atoms with van der Waals surface area (Å²) in [5.41, 5.74) is 0. The third-order valence-electron chi connectivity index (χ3n) is 1.45. The summed E-state index contributed by atoms with van der Waals surface area (Å²) in [6, 6.07) is 0. The Hall–Kier alpha value is 0.660. The predicted molar refractivity (Wildman–Crippen MR) is 57.0 cm³/mol. The first-order valence-electron chi connectivity index (χ1n) is 4.18. The van der Waals surface area contributed by atoms with Gasteiger partial charge in [-0.15, -0.1) is 0 Å². The summed E-state index contributed by atoms with van der Waals surface area (Å²) in [6.07, 6.45) is 3.46. The van der Waals surface area contributed by atoms with Crippen LogP contribution in [0.5, 0.6) is 0 Å². The number of rotatable bonds is 7. The van der Waals surface area contributed by atoms with Gasteiger partial charge in [0.15, 0.2) is 0 Å². The molecule has 0 spiro atoms. The molecule has 1 nitrogen and oxygen atoms in total. The molecule has 0 amide bonds. The van der Waals surface area contributed by atoms with E-state index in [2.05, 4.69) is 32.2 Å². The van der Waals surface area contributed by atoms with Gasteiger partial charge in [0.2, 0.25) is 0 Å². The number of thiol groups is 2. The van der Waals surface area contributed by atoms with Crippen LogP contribution in [0.2, 0.25) is 0 Å². The van der Waals surface area contributed by atoms with Crippen LogP contribution in [0.15, 0.2) is 0 Å². The van der Waals surface area contributed by atoms with Gasteiger partial charge in [-0.2, -0.15) is 25.3 Å². The monoisotopic (exact) mass is 194 g/mol. The average molecular weight is 194 g/mol. The molecular weight excluding hydrogens is 176 g/mol. The van der Waals surface area contributed by atoms with Gasteiger partial charge in [-0.1, -0.05) is 13.3 Å². The summed E-state index contributed by atoms with van der Waals surface area (Å²) >= 11 is 8.46. The SMILES string of the molecule is CCCC(S)CCOCCS. The van der Waals surface area contributed by atoms with Crippen molar-refractivity contribution in [3.05, 3.63) is 0 Å². The van der Waals surface area contributed by atoms with Gasteiger partial charge in [0, 0.05) is 17.6 Å². The van der Waals surface area contributed by atoms with Crippen LogP contribution in [0, 0.1) is 0 Å². The second-order valence-corrected chi connectivity index (χ2v) is 3.74. The molecule has 0 rings (SSSR count). The molecule has 0 saturated carbocycles. The molecule has 11 heavy (non-hydrogen) atoms. The predicted octanol–water partition coefficient (Wildman–Crippen LogP) is 2.42. The van der Waals surface area contributed by atoms with Crippen molar-refractivity contribution in [3.8, 4) is 0 Å². The second kappa shape index (κ2) is 8.75. The highest BCUT2D eigenvalue weighted by molar-refractivity contribution is 7.81. The first-order valence-corrected chi connectivity index (χ1v) is 5.32. The zero-order valence-electron chi connectivity index (χ0n) is 7.12. The van der Waals surface area contributed by atoms with Gasteiger partial charge < -0.3 is 4.74 Å². The van der Waals surface area contributed by atoms with Crippen molar-refractivity contribution in [2.75, 3.05) is 19.0 Å². The first-order chi connectivity index (χ1) is 5.31. The van der Waals surface area contributed by atoms with Crippen LogP contribution in [0.25, 0.3) is 0 Å². The molecule has 0 saturated heterocycles. The van der Waals surface area contributed by atoms with E-state index >= 15 is 0 Å². The van der Waals surface area contributed by atoms with Gasteiger partial charge in [0.25, 0.3) is 0 Å². The van der Waals surface area contributed by atoms with E-state index in [-0.39, 0.29) is 0 Å². The molecular formula is C8H18OS2. The van der Waals surface area contributed by atoms with E-state index in [0.717, 1.165) is 25.4 Å². The Morgan fingerprint density at radius 2 is 2.00 bits per heavy atom. The highest BCUT2D eigenvalue weighted by Crippen LogP contribution is 2.08. The highest BCUT2D eigenvalue weighted by atomic mass is 32.1. The van der Waals surface area contributed by atoms with E-state index in [1.807, 2.05) is 0 Å².